The van der Waals surface area contributed by atoms with Crippen molar-refractivity contribution in [3.63, 3.8) is 0 Å². The number of allylic oxidation sites excluding steroid dienone is 2. The Morgan fingerprint density at radius 2 is 1.33 bits per heavy atom. The molecule has 0 aromatic carbocycles. The van der Waals surface area contributed by atoms with Crippen LogP contribution in [0.5, 0.6) is 0 Å². The van der Waals surface area contributed by atoms with Crippen LogP contribution in [0.15, 0.2) is 22.0 Å². The van der Waals surface area contributed by atoms with Crippen molar-refractivity contribution in [1.82, 2.24) is 0 Å². The second-order valence-corrected chi connectivity index (χ2v) is 6.27. The molecule has 2 aliphatic heterocycles. The highest BCUT2D eigenvalue weighted by Gasteiger charge is 2.19. The van der Waals surface area contributed by atoms with Crippen LogP contribution in [-0.4, -0.2) is 8.39 Å². The third-order valence-electron chi connectivity index (χ3n) is 1.60. The summed E-state index contributed by atoms with van der Waals surface area (Å²) in [6.45, 7) is 0. The predicted octanol–water partition coefficient (Wildman–Crippen LogP) is 3.68. The number of thiocarbonyl (C=S) groups is 2. The smallest absolute Gasteiger partial charge is 0.0565 e. The molecular weight excluding hydrogens is 224 g/mol. The molecule has 2 heterocycles. The molecule has 0 spiro atoms. The third-order valence-corrected chi connectivity index (χ3v) is 4.56. The second kappa shape index (κ2) is 3.62. The van der Waals surface area contributed by atoms with Crippen molar-refractivity contribution in [3.05, 3.63) is 22.0 Å². The molecular formula is C8H6S4. The van der Waals surface area contributed by atoms with Crippen LogP contribution in [0.25, 0.3) is 0 Å². The summed E-state index contributed by atoms with van der Waals surface area (Å²) in [5.74, 6) is 0. The average molecular weight is 230 g/mol. The third kappa shape index (κ3) is 1.82. The molecule has 0 unspecified atom stereocenters. The summed E-state index contributed by atoms with van der Waals surface area (Å²) in [6.07, 6.45) is 6.28. The van der Waals surface area contributed by atoms with Gasteiger partial charge in [0.1, 0.15) is 0 Å². The number of hydrogen-bond acceptors (Lipinski definition) is 4. The molecule has 0 fully saturated rings. The summed E-state index contributed by atoms with van der Waals surface area (Å²) in [6, 6.07) is 0. The van der Waals surface area contributed by atoms with E-state index in [2.05, 4.69) is 12.2 Å². The maximum Gasteiger partial charge on any atom is 0.0565 e. The first kappa shape index (κ1) is 8.94. The molecule has 0 radical (unpaired) electrons. The molecule has 12 heavy (non-hydrogen) atoms. The molecule has 2 rings (SSSR count). The maximum atomic E-state index is 5.10. The normalized spacial score (nSPS) is 23.0. The van der Waals surface area contributed by atoms with Gasteiger partial charge >= 0.3 is 0 Å². The highest BCUT2D eigenvalue weighted by Crippen LogP contribution is 2.42. The van der Waals surface area contributed by atoms with E-state index in [9.17, 15) is 0 Å². The van der Waals surface area contributed by atoms with Gasteiger partial charge in [0.05, 0.1) is 8.39 Å². The van der Waals surface area contributed by atoms with Gasteiger partial charge in [-0.1, -0.05) is 60.1 Å². The van der Waals surface area contributed by atoms with Crippen molar-refractivity contribution in [2.75, 3.05) is 0 Å². The van der Waals surface area contributed by atoms with E-state index in [1.807, 2.05) is 0 Å². The molecule has 0 saturated carbocycles. The Morgan fingerprint density at radius 1 is 0.917 bits per heavy atom. The minimum atomic E-state index is 0.944. The summed E-state index contributed by atoms with van der Waals surface area (Å²) in [4.78, 5) is 2.62. The van der Waals surface area contributed by atoms with Crippen LogP contribution in [0.1, 0.15) is 12.8 Å². The molecule has 0 saturated heterocycles. The lowest BCUT2D eigenvalue weighted by Gasteiger charge is -1.98. The monoisotopic (exact) mass is 230 g/mol. The van der Waals surface area contributed by atoms with Crippen molar-refractivity contribution in [2.45, 2.75) is 12.8 Å². The maximum absolute atomic E-state index is 5.10. The Morgan fingerprint density at radius 3 is 1.58 bits per heavy atom. The minimum absolute atomic E-state index is 0.944. The summed E-state index contributed by atoms with van der Waals surface area (Å²) >= 11 is 13.6. The van der Waals surface area contributed by atoms with Gasteiger partial charge in [-0.2, -0.15) is 0 Å². The Bertz CT molecular complexity index is 279. The van der Waals surface area contributed by atoms with Crippen molar-refractivity contribution in [1.29, 1.82) is 0 Å². The first-order valence-corrected chi connectivity index (χ1v) is 6.03. The molecule has 0 atom stereocenters. The first-order valence-electron chi connectivity index (χ1n) is 3.58. The molecule has 62 valence electrons. The predicted molar refractivity (Wildman–Crippen MR) is 65.8 cm³/mol. The Hall–Kier alpha value is 0.360. The summed E-state index contributed by atoms with van der Waals surface area (Å²) in [5, 5.41) is 0. The van der Waals surface area contributed by atoms with Crippen molar-refractivity contribution < 1.29 is 0 Å². The topological polar surface area (TPSA) is 0 Å². The fraction of sp³-hybridized carbons (Fsp3) is 0.250. The van der Waals surface area contributed by atoms with E-state index in [0.717, 1.165) is 21.2 Å². The molecule has 0 bridgehead atoms. The molecule has 2 aliphatic rings. The van der Waals surface area contributed by atoms with Crippen LogP contribution in [0.4, 0.5) is 0 Å². The molecule has 0 aromatic heterocycles. The molecule has 0 aliphatic carbocycles. The summed E-state index contributed by atoms with van der Waals surface area (Å²) < 4.78 is 2.15. The van der Waals surface area contributed by atoms with E-state index in [1.165, 1.54) is 9.81 Å². The van der Waals surface area contributed by atoms with Crippen molar-refractivity contribution in [3.8, 4) is 0 Å². The van der Waals surface area contributed by atoms with Crippen LogP contribution in [0, 0.1) is 0 Å². The van der Waals surface area contributed by atoms with Gasteiger partial charge in [-0.05, 0) is 0 Å². The van der Waals surface area contributed by atoms with Crippen molar-refractivity contribution in [2.24, 2.45) is 0 Å². The van der Waals surface area contributed by atoms with Crippen molar-refractivity contribution >= 4 is 56.4 Å². The van der Waals surface area contributed by atoms with Gasteiger partial charge in [0.2, 0.25) is 0 Å². The Labute approximate surface area is 90.9 Å². The van der Waals surface area contributed by atoms with Gasteiger partial charge in [0.25, 0.3) is 0 Å². The van der Waals surface area contributed by atoms with E-state index in [-0.39, 0.29) is 0 Å². The van der Waals surface area contributed by atoms with Gasteiger partial charge < -0.3 is 0 Å². The molecule has 4 heteroatoms. The van der Waals surface area contributed by atoms with Gasteiger partial charge in [0.15, 0.2) is 0 Å². The summed E-state index contributed by atoms with van der Waals surface area (Å²) in [7, 11) is 0. The largest absolute Gasteiger partial charge is 0.0816 e. The molecule has 0 amide bonds. The highest BCUT2D eigenvalue weighted by molar-refractivity contribution is 8.29. The van der Waals surface area contributed by atoms with Crippen LogP contribution in [-0.2, 0) is 0 Å². The molecule has 0 aromatic rings. The minimum Gasteiger partial charge on any atom is -0.0816 e. The van der Waals surface area contributed by atoms with Gasteiger partial charge in [0, 0.05) is 22.7 Å². The fourth-order valence-electron chi connectivity index (χ4n) is 1.07. The zero-order valence-corrected chi connectivity index (χ0v) is 9.47. The van der Waals surface area contributed by atoms with E-state index in [1.54, 1.807) is 23.5 Å². The Balaban J connectivity index is 2.12. The zero-order valence-electron chi connectivity index (χ0n) is 6.20. The van der Waals surface area contributed by atoms with Crippen LogP contribution in [0.3, 0.4) is 0 Å². The zero-order chi connectivity index (χ0) is 8.55. The van der Waals surface area contributed by atoms with Gasteiger partial charge in [-0.15, -0.1) is 0 Å². The lowest BCUT2D eigenvalue weighted by atomic mass is 10.3. The number of hydrogen-bond donors (Lipinski definition) is 0. The second-order valence-electron chi connectivity index (χ2n) is 2.49. The van der Waals surface area contributed by atoms with Gasteiger partial charge in [-0.3, -0.25) is 0 Å². The van der Waals surface area contributed by atoms with E-state index < -0.39 is 0 Å². The van der Waals surface area contributed by atoms with E-state index in [0.29, 0.717) is 0 Å². The van der Waals surface area contributed by atoms with Crippen LogP contribution >= 0.6 is 48.0 Å². The first-order chi connectivity index (χ1) is 5.75. The van der Waals surface area contributed by atoms with Crippen LogP contribution in [0.2, 0.25) is 0 Å². The quantitative estimate of drug-likeness (QED) is 0.630. The SMILES string of the molecule is S=C1CC=C(C2=CCC(=S)S2)S1. The fourth-order valence-corrected chi connectivity index (χ4v) is 3.55. The summed E-state index contributed by atoms with van der Waals surface area (Å²) in [5.41, 5.74) is 0. The van der Waals surface area contributed by atoms with Crippen LogP contribution < -0.4 is 0 Å². The molecule has 0 N–H and O–H groups in total. The number of thioether (sulfide) groups is 2. The lowest BCUT2D eigenvalue weighted by molar-refractivity contribution is 1.53. The van der Waals surface area contributed by atoms with E-state index >= 15 is 0 Å². The average Bonchev–Trinajstić information content (AvgIpc) is 2.58. The standard InChI is InChI=1S/C8H6S4/c9-7-3-1-5(11-7)6-2-4-8(10)12-6/h1-2H,3-4H2. The van der Waals surface area contributed by atoms with Gasteiger partial charge in [-0.25, -0.2) is 0 Å². The number of rotatable bonds is 1. The lowest BCUT2D eigenvalue weighted by Crippen LogP contribution is -1.77. The van der Waals surface area contributed by atoms with E-state index in [4.69, 9.17) is 24.4 Å². The highest BCUT2D eigenvalue weighted by atomic mass is 32.2. The Kier molecular flexibility index (Phi) is 2.69. The molecule has 0 nitrogen and oxygen atoms in total.